The summed E-state index contributed by atoms with van der Waals surface area (Å²) >= 11 is 0. The summed E-state index contributed by atoms with van der Waals surface area (Å²) in [5.74, 6) is 0.123. The Morgan fingerprint density at radius 1 is 1.57 bits per heavy atom. The van der Waals surface area contributed by atoms with E-state index in [-0.39, 0.29) is 30.6 Å². The fourth-order valence-electron chi connectivity index (χ4n) is 1.48. The van der Waals surface area contributed by atoms with Gasteiger partial charge in [0.15, 0.2) is 5.78 Å². The molecule has 82 valence electrons. The van der Waals surface area contributed by atoms with Crippen LogP contribution in [0.3, 0.4) is 0 Å². The highest BCUT2D eigenvalue weighted by Crippen LogP contribution is 2.10. The van der Waals surface area contributed by atoms with Crippen LogP contribution in [-0.2, 0) is 14.3 Å². The van der Waals surface area contributed by atoms with E-state index in [0.29, 0.717) is 0 Å². The molecular weight excluding hydrogens is 182 g/mol. The number of carbonyl (C=O) groups excluding carboxylic acids is 1. The van der Waals surface area contributed by atoms with Gasteiger partial charge >= 0.3 is 0 Å². The molecule has 1 aliphatic rings. The predicted molar refractivity (Wildman–Crippen MR) is 53.3 cm³/mol. The summed E-state index contributed by atoms with van der Waals surface area (Å²) < 4.78 is 10.4. The Hall–Kier alpha value is -0.450. The van der Waals surface area contributed by atoms with Crippen LogP contribution in [0.4, 0.5) is 0 Å². The Kier molecular flexibility index (Phi) is 4.51. The van der Waals surface area contributed by atoms with Gasteiger partial charge in [-0.3, -0.25) is 4.79 Å². The van der Waals surface area contributed by atoms with Gasteiger partial charge in [-0.2, -0.15) is 0 Å². The van der Waals surface area contributed by atoms with Crippen molar-refractivity contribution in [1.82, 2.24) is 5.32 Å². The van der Waals surface area contributed by atoms with Gasteiger partial charge < -0.3 is 14.8 Å². The number of carbonyl (C=O) groups is 1. The third-order valence-corrected chi connectivity index (χ3v) is 2.37. The number of ether oxygens (including phenoxy) is 2. The van der Waals surface area contributed by atoms with Crippen LogP contribution in [0.1, 0.15) is 20.3 Å². The highest BCUT2D eigenvalue weighted by atomic mass is 16.5. The molecule has 1 saturated heterocycles. The molecule has 0 aliphatic carbocycles. The van der Waals surface area contributed by atoms with Crippen molar-refractivity contribution in [2.75, 3.05) is 20.3 Å². The normalized spacial score (nSPS) is 27.1. The van der Waals surface area contributed by atoms with Crippen LogP contribution in [0.5, 0.6) is 0 Å². The molecule has 14 heavy (non-hydrogen) atoms. The van der Waals surface area contributed by atoms with Crippen LogP contribution in [0, 0.1) is 0 Å². The third kappa shape index (κ3) is 3.36. The van der Waals surface area contributed by atoms with Crippen LogP contribution in [0.2, 0.25) is 0 Å². The first kappa shape index (κ1) is 11.6. The summed E-state index contributed by atoms with van der Waals surface area (Å²) in [5, 5.41) is 3.13. The maximum absolute atomic E-state index is 11.6. The van der Waals surface area contributed by atoms with Crippen molar-refractivity contribution in [2.45, 2.75) is 38.5 Å². The predicted octanol–water partition coefficient (Wildman–Crippen LogP) is 0.357. The van der Waals surface area contributed by atoms with E-state index in [2.05, 4.69) is 5.32 Å². The van der Waals surface area contributed by atoms with Gasteiger partial charge in [-0.1, -0.05) is 0 Å². The van der Waals surface area contributed by atoms with E-state index in [1.807, 2.05) is 13.8 Å². The average Bonchev–Trinajstić information content (AvgIpc) is 2.62. The van der Waals surface area contributed by atoms with E-state index >= 15 is 0 Å². The molecule has 1 fully saturated rings. The first-order valence-corrected chi connectivity index (χ1v) is 5.04. The molecule has 4 heteroatoms. The lowest BCUT2D eigenvalue weighted by atomic mass is 10.1. The van der Waals surface area contributed by atoms with E-state index in [1.165, 1.54) is 0 Å². The summed E-state index contributed by atoms with van der Waals surface area (Å²) in [7, 11) is 1.67. The van der Waals surface area contributed by atoms with Crippen molar-refractivity contribution in [2.24, 2.45) is 0 Å². The number of ketones is 1. The Bertz CT molecular complexity index is 194. The molecule has 4 nitrogen and oxygen atoms in total. The minimum atomic E-state index is -0.0845. The topological polar surface area (TPSA) is 47.6 Å². The van der Waals surface area contributed by atoms with E-state index in [0.717, 1.165) is 13.0 Å². The van der Waals surface area contributed by atoms with Crippen molar-refractivity contribution < 1.29 is 14.3 Å². The molecule has 0 aromatic rings. The summed E-state index contributed by atoms with van der Waals surface area (Å²) in [4.78, 5) is 11.6. The summed E-state index contributed by atoms with van der Waals surface area (Å²) in [5.41, 5.74) is 0. The molecule has 0 bridgehead atoms. The minimum Gasteiger partial charge on any atom is -0.380 e. The van der Waals surface area contributed by atoms with Gasteiger partial charge in [0.25, 0.3) is 0 Å². The minimum absolute atomic E-state index is 0.0845. The van der Waals surface area contributed by atoms with Crippen molar-refractivity contribution >= 4 is 5.78 Å². The zero-order valence-electron chi connectivity index (χ0n) is 9.08. The highest BCUT2D eigenvalue weighted by molar-refractivity contribution is 5.85. The molecule has 0 aromatic carbocycles. The van der Waals surface area contributed by atoms with Crippen LogP contribution < -0.4 is 5.32 Å². The lowest BCUT2D eigenvalue weighted by Crippen LogP contribution is -2.34. The smallest absolute Gasteiger partial charge is 0.175 e. The molecule has 2 unspecified atom stereocenters. The zero-order chi connectivity index (χ0) is 10.6. The van der Waals surface area contributed by atoms with Gasteiger partial charge in [0, 0.05) is 13.7 Å². The van der Waals surface area contributed by atoms with E-state index < -0.39 is 0 Å². The molecule has 1 heterocycles. The standard InChI is InChI=1S/C10H19NO3/c1-7(2)14-6-10(12)9-4-8(13-3)5-11-9/h7-9,11H,4-6H2,1-3H3. The van der Waals surface area contributed by atoms with Crippen molar-refractivity contribution in [1.29, 1.82) is 0 Å². The van der Waals surface area contributed by atoms with Gasteiger partial charge in [0.1, 0.15) is 6.61 Å². The first-order chi connectivity index (χ1) is 6.63. The zero-order valence-corrected chi connectivity index (χ0v) is 9.08. The van der Waals surface area contributed by atoms with Gasteiger partial charge in [-0.25, -0.2) is 0 Å². The first-order valence-electron chi connectivity index (χ1n) is 5.04. The fraction of sp³-hybridized carbons (Fsp3) is 0.900. The Labute approximate surface area is 85.0 Å². The molecule has 0 spiro atoms. The number of hydrogen-bond acceptors (Lipinski definition) is 4. The van der Waals surface area contributed by atoms with Crippen molar-refractivity contribution in [3.8, 4) is 0 Å². The summed E-state index contributed by atoms with van der Waals surface area (Å²) in [6, 6.07) is -0.0845. The van der Waals surface area contributed by atoms with Crippen LogP contribution in [0.15, 0.2) is 0 Å². The van der Waals surface area contributed by atoms with Crippen LogP contribution in [-0.4, -0.2) is 44.3 Å². The monoisotopic (exact) mass is 201 g/mol. The molecular formula is C10H19NO3. The molecule has 1 aliphatic heterocycles. The Balaban J connectivity index is 2.25. The lowest BCUT2D eigenvalue weighted by Gasteiger charge is -2.11. The van der Waals surface area contributed by atoms with Crippen LogP contribution >= 0.6 is 0 Å². The molecule has 0 amide bonds. The summed E-state index contributed by atoms with van der Waals surface area (Å²) in [6.45, 7) is 4.81. The van der Waals surface area contributed by atoms with E-state index in [9.17, 15) is 4.79 Å². The summed E-state index contributed by atoms with van der Waals surface area (Å²) in [6.07, 6.45) is 1.04. The van der Waals surface area contributed by atoms with E-state index in [4.69, 9.17) is 9.47 Å². The number of hydrogen-bond donors (Lipinski definition) is 1. The number of nitrogens with one attached hydrogen (secondary N) is 1. The average molecular weight is 201 g/mol. The SMILES string of the molecule is COC1CNC(C(=O)COC(C)C)C1. The lowest BCUT2D eigenvalue weighted by molar-refractivity contribution is -0.126. The number of rotatable bonds is 5. The quantitative estimate of drug-likeness (QED) is 0.697. The molecule has 2 atom stereocenters. The second kappa shape index (κ2) is 5.44. The van der Waals surface area contributed by atoms with E-state index in [1.54, 1.807) is 7.11 Å². The van der Waals surface area contributed by atoms with Gasteiger partial charge in [-0.15, -0.1) is 0 Å². The highest BCUT2D eigenvalue weighted by Gasteiger charge is 2.28. The molecule has 1 N–H and O–H groups in total. The molecule has 0 radical (unpaired) electrons. The molecule has 1 rings (SSSR count). The molecule has 0 aromatic heterocycles. The third-order valence-electron chi connectivity index (χ3n) is 2.37. The Morgan fingerprint density at radius 2 is 2.29 bits per heavy atom. The van der Waals surface area contributed by atoms with Crippen LogP contribution in [0.25, 0.3) is 0 Å². The molecule has 0 saturated carbocycles. The Morgan fingerprint density at radius 3 is 2.79 bits per heavy atom. The number of Topliss-reactive ketones (excluding diaryl/α,β-unsaturated/α-hetero) is 1. The maximum Gasteiger partial charge on any atom is 0.175 e. The van der Waals surface area contributed by atoms with Gasteiger partial charge in [0.2, 0.25) is 0 Å². The van der Waals surface area contributed by atoms with Gasteiger partial charge in [0.05, 0.1) is 18.2 Å². The van der Waals surface area contributed by atoms with Crippen molar-refractivity contribution in [3.63, 3.8) is 0 Å². The second-order valence-corrected chi connectivity index (χ2v) is 3.88. The number of methoxy groups -OCH3 is 1. The maximum atomic E-state index is 11.6. The second-order valence-electron chi connectivity index (χ2n) is 3.88. The van der Waals surface area contributed by atoms with Crippen molar-refractivity contribution in [3.05, 3.63) is 0 Å². The van der Waals surface area contributed by atoms with Gasteiger partial charge in [-0.05, 0) is 20.3 Å². The largest absolute Gasteiger partial charge is 0.380 e. The fourth-order valence-corrected chi connectivity index (χ4v) is 1.48.